The molecular formula is C20H27ClFNO2. The van der Waals surface area contributed by atoms with Crippen molar-refractivity contribution in [1.82, 2.24) is 0 Å². The van der Waals surface area contributed by atoms with E-state index in [0.717, 1.165) is 32.1 Å². The molecule has 1 aromatic carbocycles. The number of carbonyl (C=O) groups excluding carboxylic acids is 1. The van der Waals surface area contributed by atoms with E-state index in [9.17, 15) is 9.18 Å². The fraction of sp³-hybridized carbons (Fsp3) is 0.650. The normalized spacial score (nSPS) is 24.2. The lowest BCUT2D eigenvalue weighted by molar-refractivity contribution is -0.130. The summed E-state index contributed by atoms with van der Waals surface area (Å²) in [5.41, 5.74) is 0.0737. The molecule has 25 heavy (non-hydrogen) atoms. The van der Waals surface area contributed by atoms with Crippen molar-refractivity contribution in [2.24, 2.45) is 5.41 Å². The first kappa shape index (κ1) is 18.7. The molecule has 5 heteroatoms. The summed E-state index contributed by atoms with van der Waals surface area (Å²) in [5, 5.41) is 3.03. The monoisotopic (exact) mass is 367 g/mol. The van der Waals surface area contributed by atoms with Crippen LogP contribution in [-0.2, 0) is 9.53 Å². The molecule has 0 bridgehead atoms. The van der Waals surface area contributed by atoms with Crippen molar-refractivity contribution in [3.63, 3.8) is 0 Å². The highest BCUT2D eigenvalue weighted by molar-refractivity contribution is 6.30. The van der Waals surface area contributed by atoms with Gasteiger partial charge in [-0.05, 0) is 37.5 Å². The topological polar surface area (TPSA) is 38.3 Å². The second kappa shape index (κ2) is 8.50. The predicted molar refractivity (Wildman–Crippen MR) is 98.4 cm³/mol. The van der Waals surface area contributed by atoms with Crippen LogP contribution in [0.3, 0.4) is 0 Å². The van der Waals surface area contributed by atoms with Gasteiger partial charge in [0.15, 0.2) is 0 Å². The van der Waals surface area contributed by atoms with Crippen LogP contribution in [0.15, 0.2) is 18.2 Å². The van der Waals surface area contributed by atoms with Gasteiger partial charge in [0.1, 0.15) is 11.9 Å². The van der Waals surface area contributed by atoms with Crippen LogP contribution in [0.2, 0.25) is 5.02 Å². The molecule has 3 rings (SSSR count). The minimum absolute atomic E-state index is 0.0929. The van der Waals surface area contributed by atoms with Crippen molar-refractivity contribution in [1.29, 1.82) is 0 Å². The molecule has 1 aliphatic heterocycles. The number of nitrogens with one attached hydrogen (secondary N) is 1. The Hall–Kier alpha value is -1.13. The van der Waals surface area contributed by atoms with E-state index in [0.29, 0.717) is 11.6 Å². The summed E-state index contributed by atoms with van der Waals surface area (Å²) in [6.45, 7) is 0.612. The Labute approximate surface area is 154 Å². The van der Waals surface area contributed by atoms with Crippen molar-refractivity contribution in [3.05, 3.63) is 29.0 Å². The third-order valence-corrected chi connectivity index (χ3v) is 5.95. The number of halogens is 2. The molecule has 1 N–H and O–H groups in total. The van der Waals surface area contributed by atoms with E-state index in [1.807, 2.05) is 0 Å². The van der Waals surface area contributed by atoms with E-state index in [-0.39, 0.29) is 17.0 Å². The molecular weight excluding hydrogens is 341 g/mol. The number of rotatable bonds is 2. The lowest BCUT2D eigenvalue weighted by Gasteiger charge is -2.34. The molecule has 1 aliphatic carbocycles. The van der Waals surface area contributed by atoms with Gasteiger partial charge in [-0.3, -0.25) is 4.79 Å². The van der Waals surface area contributed by atoms with E-state index in [2.05, 4.69) is 5.32 Å². The molecule has 3 nitrogen and oxygen atoms in total. The average Bonchev–Trinajstić information content (AvgIpc) is 3.00. The Bertz CT molecular complexity index is 597. The Kier molecular flexibility index (Phi) is 6.34. The number of ether oxygens (including phenoxy) is 1. The first-order valence-corrected chi connectivity index (χ1v) is 9.86. The van der Waals surface area contributed by atoms with Crippen LogP contribution in [0.1, 0.15) is 64.2 Å². The predicted octanol–water partition coefficient (Wildman–Crippen LogP) is 5.72. The summed E-state index contributed by atoms with van der Waals surface area (Å²) in [6.07, 6.45) is 11.1. The highest BCUT2D eigenvalue weighted by Crippen LogP contribution is 2.45. The second-order valence-corrected chi connectivity index (χ2v) is 7.89. The third kappa shape index (κ3) is 4.53. The summed E-state index contributed by atoms with van der Waals surface area (Å²) in [6, 6.07) is 4.30. The SMILES string of the molecule is O=C(Nc1ccc(Cl)cc1F)C1OCCC12CCCCCCCCC2. The van der Waals surface area contributed by atoms with Crippen molar-refractivity contribution < 1.29 is 13.9 Å². The highest BCUT2D eigenvalue weighted by Gasteiger charge is 2.47. The van der Waals surface area contributed by atoms with E-state index >= 15 is 0 Å². The van der Waals surface area contributed by atoms with E-state index in [1.165, 1.54) is 44.2 Å². The summed E-state index contributed by atoms with van der Waals surface area (Å²) >= 11 is 5.78. The first-order valence-electron chi connectivity index (χ1n) is 9.48. The fourth-order valence-electron chi connectivity index (χ4n) is 4.31. The second-order valence-electron chi connectivity index (χ2n) is 7.45. The molecule has 138 valence electrons. The maximum absolute atomic E-state index is 14.0. The molecule has 1 unspecified atom stereocenters. The first-order chi connectivity index (χ1) is 12.1. The maximum atomic E-state index is 14.0. The molecule has 0 radical (unpaired) electrons. The van der Waals surface area contributed by atoms with Crippen LogP contribution >= 0.6 is 11.6 Å². The number of benzene rings is 1. The summed E-state index contributed by atoms with van der Waals surface area (Å²) in [7, 11) is 0. The molecule has 2 fully saturated rings. The van der Waals surface area contributed by atoms with Gasteiger partial charge in [-0.1, -0.05) is 56.5 Å². The highest BCUT2D eigenvalue weighted by atomic mass is 35.5. The summed E-state index contributed by atoms with van der Waals surface area (Å²) < 4.78 is 19.9. The van der Waals surface area contributed by atoms with Gasteiger partial charge in [0.05, 0.1) is 5.69 Å². The molecule has 2 aliphatic rings. The molecule has 1 amide bonds. The van der Waals surface area contributed by atoms with Gasteiger partial charge in [-0.2, -0.15) is 0 Å². The van der Waals surface area contributed by atoms with Crippen molar-refractivity contribution in [2.45, 2.75) is 70.3 Å². The lowest BCUT2D eigenvalue weighted by atomic mass is 9.72. The standard InChI is InChI=1S/C20H27ClFNO2/c21-15-8-9-17(16(22)14-15)23-19(24)18-20(12-13-25-18)10-6-4-2-1-3-5-7-11-20/h8-9,14,18H,1-7,10-13H2,(H,23,24). The molecule has 1 saturated carbocycles. The van der Waals surface area contributed by atoms with E-state index < -0.39 is 11.9 Å². The van der Waals surface area contributed by atoms with Gasteiger partial charge in [0.2, 0.25) is 0 Å². The van der Waals surface area contributed by atoms with Gasteiger partial charge < -0.3 is 10.1 Å². The van der Waals surface area contributed by atoms with E-state index in [1.54, 1.807) is 6.07 Å². The molecule has 1 aromatic rings. The molecule has 1 heterocycles. The van der Waals surface area contributed by atoms with Gasteiger partial charge in [-0.15, -0.1) is 0 Å². The molecule has 1 saturated heterocycles. The lowest BCUT2D eigenvalue weighted by Crippen LogP contribution is -2.41. The largest absolute Gasteiger partial charge is 0.368 e. The molecule has 1 spiro atoms. The average molecular weight is 368 g/mol. The summed E-state index contributed by atoms with van der Waals surface area (Å²) in [4.78, 5) is 12.8. The van der Waals surface area contributed by atoms with Crippen molar-refractivity contribution in [2.75, 3.05) is 11.9 Å². The number of anilines is 1. The van der Waals surface area contributed by atoms with Gasteiger partial charge in [-0.25, -0.2) is 4.39 Å². The Morgan fingerprint density at radius 1 is 1.08 bits per heavy atom. The maximum Gasteiger partial charge on any atom is 0.254 e. The van der Waals surface area contributed by atoms with Gasteiger partial charge in [0, 0.05) is 17.0 Å². The zero-order chi connectivity index (χ0) is 17.7. The minimum Gasteiger partial charge on any atom is -0.368 e. The van der Waals surface area contributed by atoms with Crippen LogP contribution in [0.4, 0.5) is 10.1 Å². The van der Waals surface area contributed by atoms with Crippen LogP contribution in [-0.4, -0.2) is 18.6 Å². The number of hydrogen-bond donors (Lipinski definition) is 1. The Morgan fingerprint density at radius 2 is 1.72 bits per heavy atom. The number of carbonyl (C=O) groups is 1. The van der Waals surface area contributed by atoms with Crippen LogP contribution < -0.4 is 5.32 Å². The van der Waals surface area contributed by atoms with Gasteiger partial charge in [0.25, 0.3) is 5.91 Å². The number of hydrogen-bond acceptors (Lipinski definition) is 2. The minimum atomic E-state index is -0.515. The Morgan fingerprint density at radius 3 is 2.36 bits per heavy atom. The van der Waals surface area contributed by atoms with Crippen LogP contribution in [0.25, 0.3) is 0 Å². The van der Waals surface area contributed by atoms with Crippen LogP contribution in [0.5, 0.6) is 0 Å². The summed E-state index contributed by atoms with van der Waals surface area (Å²) in [5.74, 6) is -0.741. The van der Waals surface area contributed by atoms with Crippen LogP contribution in [0, 0.1) is 11.2 Å². The molecule has 0 aromatic heterocycles. The van der Waals surface area contributed by atoms with E-state index in [4.69, 9.17) is 16.3 Å². The van der Waals surface area contributed by atoms with Crippen molar-refractivity contribution in [3.8, 4) is 0 Å². The zero-order valence-corrected chi connectivity index (χ0v) is 15.4. The quantitative estimate of drug-likeness (QED) is 0.726. The third-order valence-electron chi connectivity index (χ3n) is 5.72. The Balaban J connectivity index is 1.73. The fourth-order valence-corrected chi connectivity index (χ4v) is 4.46. The van der Waals surface area contributed by atoms with Gasteiger partial charge >= 0.3 is 0 Å². The van der Waals surface area contributed by atoms with Crippen molar-refractivity contribution >= 4 is 23.2 Å². The molecule has 1 atom stereocenters. The zero-order valence-electron chi connectivity index (χ0n) is 14.7. The smallest absolute Gasteiger partial charge is 0.254 e. The number of amides is 1.